The maximum atomic E-state index is 5.45. The first-order chi connectivity index (χ1) is 15.7. The highest BCUT2D eigenvalue weighted by Crippen LogP contribution is 2.33. The molecule has 1 aliphatic heterocycles. The van der Waals surface area contributed by atoms with Crippen molar-refractivity contribution in [3.8, 4) is 11.5 Å². The molecule has 8 nitrogen and oxygen atoms in total. The van der Waals surface area contributed by atoms with Crippen molar-refractivity contribution in [2.75, 3.05) is 45.8 Å². The van der Waals surface area contributed by atoms with E-state index in [4.69, 9.17) is 19.2 Å². The highest BCUT2D eigenvalue weighted by atomic mass is 16.5. The fourth-order valence-corrected chi connectivity index (χ4v) is 3.52. The summed E-state index contributed by atoms with van der Waals surface area (Å²) in [6, 6.07) is 5.68. The number of hydrogen-bond acceptors (Lipinski definition) is 7. The second-order valence-corrected chi connectivity index (χ2v) is 7.12. The average molecular weight is 434 g/mol. The van der Waals surface area contributed by atoms with E-state index in [0.29, 0.717) is 11.5 Å². The Morgan fingerprint density at radius 2 is 2.00 bits per heavy atom. The second-order valence-electron chi connectivity index (χ2n) is 7.12. The van der Waals surface area contributed by atoms with Crippen molar-refractivity contribution in [2.45, 2.75) is 0 Å². The van der Waals surface area contributed by atoms with Crippen LogP contribution in [0, 0.1) is 0 Å². The molecule has 0 aliphatic carbocycles. The van der Waals surface area contributed by atoms with Crippen LogP contribution in [0.4, 0.5) is 11.5 Å². The molecule has 3 aromatic rings. The number of ether oxygens (including phenoxy) is 3. The zero-order chi connectivity index (χ0) is 22.3. The molecule has 32 heavy (non-hydrogen) atoms. The third-order valence-electron chi connectivity index (χ3n) is 5.19. The van der Waals surface area contributed by atoms with Crippen LogP contribution >= 0.6 is 0 Å². The normalized spacial score (nSPS) is 14.7. The number of morpholine rings is 1. The summed E-state index contributed by atoms with van der Waals surface area (Å²) in [7, 11) is 3.23. The fraction of sp³-hybridized carbons (Fsp3) is 0.250. The molecule has 0 radical (unpaired) electrons. The number of nitrogens with zero attached hydrogens (tertiary/aromatic N) is 4. The van der Waals surface area contributed by atoms with E-state index in [9.17, 15) is 0 Å². The first-order valence-corrected chi connectivity index (χ1v) is 10.4. The van der Waals surface area contributed by atoms with Gasteiger partial charge in [-0.15, -0.1) is 0 Å². The Balaban J connectivity index is 1.70. The average Bonchev–Trinajstić information content (AvgIpc) is 3.20. The van der Waals surface area contributed by atoms with Crippen LogP contribution in [0.5, 0.6) is 11.5 Å². The Kier molecular flexibility index (Phi) is 6.72. The predicted octanol–water partition coefficient (Wildman–Crippen LogP) is 3.91. The van der Waals surface area contributed by atoms with Crippen molar-refractivity contribution in [3.05, 3.63) is 73.5 Å². The molecule has 1 fully saturated rings. The molecule has 1 aromatic carbocycles. The molecule has 1 N–H and O–H groups in total. The maximum Gasteiger partial charge on any atom is 0.162 e. The van der Waals surface area contributed by atoms with Crippen LogP contribution in [-0.4, -0.2) is 59.8 Å². The Hall–Kier alpha value is -3.78. The van der Waals surface area contributed by atoms with Crippen molar-refractivity contribution in [1.29, 1.82) is 0 Å². The van der Waals surface area contributed by atoms with Crippen LogP contribution in [0.25, 0.3) is 11.2 Å². The third kappa shape index (κ3) is 4.60. The van der Waals surface area contributed by atoms with Gasteiger partial charge in [0.2, 0.25) is 0 Å². The molecule has 0 amide bonds. The highest BCUT2D eigenvalue weighted by molar-refractivity contribution is 5.83. The predicted molar refractivity (Wildman–Crippen MR) is 126 cm³/mol. The van der Waals surface area contributed by atoms with Crippen LogP contribution in [0.15, 0.2) is 67.8 Å². The molecule has 4 rings (SSSR count). The molecule has 0 atom stereocenters. The van der Waals surface area contributed by atoms with Crippen molar-refractivity contribution in [3.63, 3.8) is 0 Å². The van der Waals surface area contributed by atoms with Crippen LogP contribution in [0.1, 0.15) is 5.69 Å². The molecule has 1 saturated heterocycles. The van der Waals surface area contributed by atoms with Gasteiger partial charge in [0.1, 0.15) is 11.5 Å². The monoisotopic (exact) mass is 433 g/mol. The molecule has 166 valence electrons. The summed E-state index contributed by atoms with van der Waals surface area (Å²) < 4.78 is 18.2. The molecular weight excluding hydrogens is 406 g/mol. The number of fused-ring (bicyclic) bond motifs is 1. The van der Waals surface area contributed by atoms with Gasteiger partial charge in [0.05, 0.1) is 33.6 Å². The Labute approximate surface area is 187 Å². The van der Waals surface area contributed by atoms with Gasteiger partial charge in [-0.3, -0.25) is 9.38 Å². The lowest BCUT2D eigenvalue weighted by atomic mass is 10.1. The Bertz CT molecular complexity index is 1150. The summed E-state index contributed by atoms with van der Waals surface area (Å²) in [5, 5.41) is 3.47. The number of nitrogens with one attached hydrogen (secondary N) is 1. The molecular formula is C24H27N5O3. The van der Waals surface area contributed by atoms with E-state index in [1.807, 2.05) is 40.9 Å². The Morgan fingerprint density at radius 3 is 2.75 bits per heavy atom. The van der Waals surface area contributed by atoms with E-state index in [-0.39, 0.29) is 0 Å². The number of imidazole rings is 1. The zero-order valence-corrected chi connectivity index (χ0v) is 18.3. The third-order valence-corrected chi connectivity index (χ3v) is 5.19. The number of hydrogen-bond donors (Lipinski definition) is 1. The van der Waals surface area contributed by atoms with Gasteiger partial charge in [0.15, 0.2) is 17.1 Å². The van der Waals surface area contributed by atoms with E-state index in [1.165, 1.54) is 0 Å². The number of rotatable bonds is 8. The van der Waals surface area contributed by atoms with Gasteiger partial charge in [0, 0.05) is 42.8 Å². The van der Waals surface area contributed by atoms with Crippen molar-refractivity contribution in [2.24, 2.45) is 0 Å². The molecule has 0 bridgehead atoms. The summed E-state index contributed by atoms with van der Waals surface area (Å²) in [6.45, 7) is 7.29. The van der Waals surface area contributed by atoms with Crippen LogP contribution in [0.3, 0.4) is 0 Å². The van der Waals surface area contributed by atoms with Gasteiger partial charge in [-0.05, 0) is 24.4 Å². The van der Waals surface area contributed by atoms with E-state index in [2.05, 4.69) is 28.0 Å². The number of benzene rings is 1. The maximum absolute atomic E-state index is 5.45. The first kappa shape index (κ1) is 21.5. The lowest BCUT2D eigenvalue weighted by Gasteiger charge is -2.24. The minimum atomic E-state index is 0.641. The van der Waals surface area contributed by atoms with Gasteiger partial charge in [-0.1, -0.05) is 18.7 Å². The van der Waals surface area contributed by atoms with Gasteiger partial charge in [-0.2, -0.15) is 0 Å². The smallest absolute Gasteiger partial charge is 0.162 e. The van der Waals surface area contributed by atoms with Crippen molar-refractivity contribution in [1.82, 2.24) is 19.3 Å². The molecule has 1 aliphatic rings. The SMILES string of the molecule is C=C/C(=C\C=C\N1CCOCC1)c1nc2cnccn2c1Nc1ccc(OC)c(OC)c1. The molecule has 3 heterocycles. The minimum absolute atomic E-state index is 0.641. The minimum Gasteiger partial charge on any atom is -0.493 e. The van der Waals surface area contributed by atoms with Crippen LogP contribution in [-0.2, 0) is 4.74 Å². The molecule has 2 aromatic heterocycles. The topological polar surface area (TPSA) is 73.2 Å². The standard InChI is InChI=1S/C24H27N5O3/c1-4-18(6-5-10-28-12-14-32-15-13-28)23-24(29-11-9-25-17-22(29)27-23)26-19-7-8-20(30-2)21(16-19)31-3/h4-11,16-17,26H,1,12-15H2,2-3H3/b10-5+,18-6+. The summed E-state index contributed by atoms with van der Waals surface area (Å²) in [5.41, 5.74) is 3.24. The largest absolute Gasteiger partial charge is 0.493 e. The summed E-state index contributed by atoms with van der Waals surface area (Å²) in [5.74, 6) is 2.11. The van der Waals surface area contributed by atoms with Gasteiger partial charge < -0.3 is 24.4 Å². The van der Waals surface area contributed by atoms with Gasteiger partial charge in [-0.25, -0.2) is 4.98 Å². The molecule has 0 spiro atoms. The lowest BCUT2D eigenvalue weighted by Crippen LogP contribution is -2.31. The van der Waals surface area contributed by atoms with E-state index in [1.54, 1.807) is 32.7 Å². The van der Waals surface area contributed by atoms with Crippen LogP contribution in [0.2, 0.25) is 0 Å². The summed E-state index contributed by atoms with van der Waals surface area (Å²) in [6.07, 6.45) is 13.2. The zero-order valence-electron chi connectivity index (χ0n) is 18.3. The van der Waals surface area contributed by atoms with Gasteiger partial charge >= 0.3 is 0 Å². The van der Waals surface area contributed by atoms with E-state index < -0.39 is 0 Å². The number of allylic oxidation sites excluding steroid dienone is 4. The van der Waals surface area contributed by atoms with Crippen LogP contribution < -0.4 is 14.8 Å². The molecule has 0 unspecified atom stereocenters. The number of methoxy groups -OCH3 is 2. The summed E-state index contributed by atoms with van der Waals surface area (Å²) >= 11 is 0. The number of anilines is 2. The Morgan fingerprint density at radius 1 is 1.19 bits per heavy atom. The van der Waals surface area contributed by atoms with E-state index in [0.717, 1.165) is 54.7 Å². The fourth-order valence-electron chi connectivity index (χ4n) is 3.52. The van der Waals surface area contributed by atoms with Crippen molar-refractivity contribution < 1.29 is 14.2 Å². The summed E-state index contributed by atoms with van der Waals surface area (Å²) in [4.78, 5) is 11.2. The first-order valence-electron chi connectivity index (χ1n) is 10.4. The van der Waals surface area contributed by atoms with Crippen molar-refractivity contribution >= 4 is 22.7 Å². The highest BCUT2D eigenvalue weighted by Gasteiger charge is 2.16. The van der Waals surface area contributed by atoms with E-state index >= 15 is 0 Å². The number of aromatic nitrogens is 3. The molecule has 0 saturated carbocycles. The van der Waals surface area contributed by atoms with Gasteiger partial charge in [0.25, 0.3) is 0 Å². The lowest BCUT2D eigenvalue weighted by molar-refractivity contribution is 0.0594. The quantitative estimate of drug-likeness (QED) is 0.540. The second kappa shape index (κ2) is 10.0. The molecule has 8 heteroatoms.